The molecule has 0 spiro atoms. The zero-order valence-corrected chi connectivity index (χ0v) is 17.8. The van der Waals surface area contributed by atoms with E-state index in [1.54, 1.807) is 0 Å². The lowest BCUT2D eigenvalue weighted by Crippen LogP contribution is -2.40. The Morgan fingerprint density at radius 1 is 1.17 bits per heavy atom. The summed E-state index contributed by atoms with van der Waals surface area (Å²) in [6.45, 7) is 4.65. The van der Waals surface area contributed by atoms with E-state index >= 15 is 0 Å². The minimum absolute atomic E-state index is 0.0635. The number of carbonyl (C=O) groups is 1. The van der Waals surface area contributed by atoms with Gasteiger partial charge in [-0.1, -0.05) is 23.7 Å². The number of morpholine rings is 1. The van der Waals surface area contributed by atoms with Gasteiger partial charge >= 0.3 is 0 Å². The van der Waals surface area contributed by atoms with Gasteiger partial charge in [0.1, 0.15) is 10.6 Å². The monoisotopic (exact) mass is 438 g/mol. The third kappa shape index (κ3) is 5.27. The molecule has 7 nitrogen and oxygen atoms in total. The summed E-state index contributed by atoms with van der Waals surface area (Å²) in [6.07, 6.45) is 0. The van der Waals surface area contributed by atoms with Crippen LogP contribution in [0.15, 0.2) is 41.3 Å². The van der Waals surface area contributed by atoms with Crippen molar-refractivity contribution in [2.45, 2.75) is 18.7 Å². The van der Waals surface area contributed by atoms with Crippen molar-refractivity contribution < 1.29 is 22.7 Å². The van der Waals surface area contributed by atoms with E-state index in [0.717, 1.165) is 11.1 Å². The third-order valence-corrected chi connectivity index (χ3v) is 6.67. The third-order valence-electron chi connectivity index (χ3n) is 4.52. The molecule has 0 atom stereocenters. The highest BCUT2D eigenvalue weighted by molar-refractivity contribution is 7.89. The van der Waals surface area contributed by atoms with E-state index in [0.29, 0.717) is 18.9 Å². The molecule has 1 fully saturated rings. The van der Waals surface area contributed by atoms with E-state index in [4.69, 9.17) is 21.1 Å². The molecule has 0 unspecified atom stereocenters. The average Bonchev–Trinajstić information content (AvgIpc) is 2.70. The summed E-state index contributed by atoms with van der Waals surface area (Å²) in [4.78, 5) is 12.3. The Morgan fingerprint density at radius 2 is 1.90 bits per heavy atom. The maximum atomic E-state index is 13.0. The first-order valence-electron chi connectivity index (χ1n) is 9.15. The normalized spacial score (nSPS) is 15.1. The molecule has 2 aromatic rings. The van der Waals surface area contributed by atoms with Gasteiger partial charge in [-0.25, -0.2) is 8.42 Å². The summed E-state index contributed by atoms with van der Waals surface area (Å²) < 4.78 is 38.1. The van der Waals surface area contributed by atoms with E-state index in [-0.39, 0.29) is 41.3 Å². The van der Waals surface area contributed by atoms with Crippen LogP contribution in [0.2, 0.25) is 5.02 Å². The number of nitrogens with zero attached hydrogens (tertiary/aromatic N) is 1. The Bertz CT molecular complexity index is 1000. The van der Waals surface area contributed by atoms with Gasteiger partial charge in [-0.05, 0) is 49.2 Å². The number of hydrogen-bond acceptors (Lipinski definition) is 5. The summed E-state index contributed by atoms with van der Waals surface area (Å²) in [7, 11) is -3.82. The van der Waals surface area contributed by atoms with Crippen molar-refractivity contribution in [3.05, 3.63) is 52.5 Å². The van der Waals surface area contributed by atoms with Crippen LogP contribution in [0.4, 0.5) is 5.69 Å². The van der Waals surface area contributed by atoms with Crippen LogP contribution in [-0.4, -0.2) is 51.5 Å². The Labute approximate surface area is 175 Å². The van der Waals surface area contributed by atoms with Crippen molar-refractivity contribution in [1.29, 1.82) is 0 Å². The van der Waals surface area contributed by atoms with E-state index in [1.807, 2.05) is 32.0 Å². The zero-order chi connectivity index (χ0) is 21.0. The standard InChI is InChI=1S/C20H23ClN2O5S/c1-14-3-4-15(2)17(11-14)22-20(24)13-28-18-6-5-16(21)12-19(18)29(25,26)23-7-9-27-10-8-23/h3-6,11-12H,7-10,13H2,1-2H3,(H,22,24). The molecule has 0 radical (unpaired) electrons. The number of hydrogen-bond donors (Lipinski definition) is 1. The summed E-state index contributed by atoms with van der Waals surface area (Å²) in [6, 6.07) is 10.1. The van der Waals surface area contributed by atoms with E-state index in [1.165, 1.54) is 22.5 Å². The van der Waals surface area contributed by atoms with Crippen LogP contribution in [0, 0.1) is 13.8 Å². The number of sulfonamides is 1. The second-order valence-electron chi connectivity index (χ2n) is 6.76. The quantitative estimate of drug-likeness (QED) is 0.749. The number of rotatable bonds is 6. The maximum absolute atomic E-state index is 13.0. The fraction of sp³-hybridized carbons (Fsp3) is 0.350. The van der Waals surface area contributed by atoms with Gasteiger partial charge in [-0.3, -0.25) is 4.79 Å². The SMILES string of the molecule is Cc1ccc(C)c(NC(=O)COc2ccc(Cl)cc2S(=O)(=O)N2CCOCC2)c1. The molecule has 1 amide bonds. The summed E-state index contributed by atoms with van der Waals surface area (Å²) in [5.74, 6) is -0.305. The Hall–Kier alpha value is -2.13. The van der Waals surface area contributed by atoms with Gasteiger partial charge in [-0.15, -0.1) is 0 Å². The molecule has 0 aliphatic carbocycles. The van der Waals surface area contributed by atoms with Crippen molar-refractivity contribution in [3.63, 3.8) is 0 Å². The van der Waals surface area contributed by atoms with Crippen LogP contribution in [-0.2, 0) is 19.6 Å². The number of carbonyl (C=O) groups excluding carboxylic acids is 1. The van der Waals surface area contributed by atoms with E-state index in [9.17, 15) is 13.2 Å². The minimum atomic E-state index is -3.82. The van der Waals surface area contributed by atoms with Gasteiger partial charge in [0.15, 0.2) is 6.61 Å². The molecule has 2 aromatic carbocycles. The number of nitrogens with one attached hydrogen (secondary N) is 1. The lowest BCUT2D eigenvalue weighted by atomic mass is 10.1. The van der Waals surface area contributed by atoms with E-state index < -0.39 is 10.0 Å². The molecule has 0 aromatic heterocycles. The second kappa shape index (κ2) is 9.13. The van der Waals surface area contributed by atoms with Gasteiger partial charge in [0.2, 0.25) is 10.0 Å². The smallest absolute Gasteiger partial charge is 0.262 e. The first-order chi connectivity index (χ1) is 13.8. The van der Waals surface area contributed by atoms with E-state index in [2.05, 4.69) is 5.32 Å². The van der Waals surface area contributed by atoms with Crippen molar-refractivity contribution >= 4 is 33.2 Å². The molecule has 9 heteroatoms. The Morgan fingerprint density at radius 3 is 2.62 bits per heavy atom. The van der Waals surface area contributed by atoms with Crippen molar-refractivity contribution in [2.24, 2.45) is 0 Å². The van der Waals surface area contributed by atoms with Crippen LogP contribution in [0.1, 0.15) is 11.1 Å². The average molecular weight is 439 g/mol. The molecule has 1 aliphatic heterocycles. The number of benzene rings is 2. The van der Waals surface area contributed by atoms with Crippen LogP contribution in [0.25, 0.3) is 0 Å². The van der Waals surface area contributed by atoms with Crippen molar-refractivity contribution in [1.82, 2.24) is 4.31 Å². The first kappa shape index (κ1) is 21.6. The fourth-order valence-electron chi connectivity index (χ4n) is 2.93. The van der Waals surface area contributed by atoms with Gasteiger partial charge in [0.25, 0.3) is 5.91 Å². The number of aryl methyl sites for hydroxylation is 2. The molecule has 1 saturated heterocycles. The molecule has 3 rings (SSSR count). The fourth-order valence-corrected chi connectivity index (χ4v) is 4.73. The van der Waals surface area contributed by atoms with Gasteiger partial charge in [0, 0.05) is 23.8 Å². The zero-order valence-electron chi connectivity index (χ0n) is 16.3. The molecular weight excluding hydrogens is 416 g/mol. The van der Waals surface area contributed by atoms with Crippen LogP contribution in [0.5, 0.6) is 5.75 Å². The van der Waals surface area contributed by atoms with Crippen molar-refractivity contribution in [3.8, 4) is 5.75 Å². The molecule has 0 saturated carbocycles. The molecule has 29 heavy (non-hydrogen) atoms. The minimum Gasteiger partial charge on any atom is -0.482 e. The number of ether oxygens (including phenoxy) is 2. The van der Waals surface area contributed by atoms with Gasteiger partial charge < -0.3 is 14.8 Å². The van der Waals surface area contributed by atoms with Gasteiger partial charge in [-0.2, -0.15) is 4.31 Å². The van der Waals surface area contributed by atoms with Gasteiger partial charge in [0.05, 0.1) is 13.2 Å². The molecular formula is C20H23ClN2O5S. The first-order valence-corrected chi connectivity index (χ1v) is 11.0. The predicted octanol–water partition coefficient (Wildman–Crippen LogP) is 3.00. The number of halogens is 1. The molecule has 156 valence electrons. The number of anilines is 1. The van der Waals surface area contributed by atoms with Crippen LogP contribution >= 0.6 is 11.6 Å². The van der Waals surface area contributed by atoms with Crippen molar-refractivity contribution in [2.75, 3.05) is 38.2 Å². The largest absolute Gasteiger partial charge is 0.482 e. The summed E-state index contributed by atoms with van der Waals surface area (Å²) in [5, 5.41) is 3.06. The highest BCUT2D eigenvalue weighted by Gasteiger charge is 2.29. The lowest BCUT2D eigenvalue weighted by molar-refractivity contribution is -0.118. The highest BCUT2D eigenvalue weighted by Crippen LogP contribution is 2.30. The van der Waals surface area contributed by atoms with Crippen LogP contribution in [0.3, 0.4) is 0 Å². The Balaban J connectivity index is 1.76. The highest BCUT2D eigenvalue weighted by atomic mass is 35.5. The molecule has 1 heterocycles. The maximum Gasteiger partial charge on any atom is 0.262 e. The Kier molecular flexibility index (Phi) is 6.79. The number of amides is 1. The molecule has 1 aliphatic rings. The summed E-state index contributed by atoms with van der Waals surface area (Å²) >= 11 is 6.02. The second-order valence-corrected chi connectivity index (χ2v) is 9.11. The molecule has 1 N–H and O–H groups in total. The lowest BCUT2D eigenvalue weighted by Gasteiger charge is -2.26. The van der Waals surface area contributed by atoms with Crippen LogP contribution < -0.4 is 10.1 Å². The topological polar surface area (TPSA) is 84.9 Å². The summed E-state index contributed by atoms with van der Waals surface area (Å²) in [5.41, 5.74) is 2.63. The molecule has 0 bridgehead atoms. The predicted molar refractivity (Wildman–Crippen MR) is 111 cm³/mol.